The smallest absolute Gasteiger partial charge is 0.0405 e. The van der Waals surface area contributed by atoms with Crippen molar-refractivity contribution in [3.8, 4) is 35.8 Å². The topological polar surface area (TPSA) is 0 Å². The van der Waals surface area contributed by atoms with E-state index >= 15 is 0 Å². The van der Waals surface area contributed by atoms with E-state index in [2.05, 4.69) is 11.8 Å². The molecule has 2 aromatic rings. The van der Waals surface area contributed by atoms with Gasteiger partial charge in [-0.2, -0.15) is 0 Å². The van der Waals surface area contributed by atoms with Crippen LogP contribution in [0, 0.1) is 24.7 Å². The van der Waals surface area contributed by atoms with Gasteiger partial charge in [-0.15, -0.1) is 12.8 Å². The van der Waals surface area contributed by atoms with Gasteiger partial charge in [-0.1, -0.05) is 48.2 Å². The highest BCUT2D eigenvalue weighted by molar-refractivity contribution is 5.67. The molecule has 0 fully saturated rings. The molecule has 0 aliphatic rings. The monoisotopic (exact) mass is 202 g/mol. The summed E-state index contributed by atoms with van der Waals surface area (Å²) >= 11 is 0. The molecule has 0 nitrogen and oxygen atoms in total. The van der Waals surface area contributed by atoms with Crippen molar-refractivity contribution < 1.29 is 0 Å². The molecular weight excluding hydrogens is 192 g/mol. The van der Waals surface area contributed by atoms with Crippen LogP contribution < -0.4 is 0 Å². The fourth-order valence-corrected chi connectivity index (χ4v) is 1.60. The van der Waals surface area contributed by atoms with E-state index in [9.17, 15) is 0 Å². The number of rotatable bonds is 1. The van der Waals surface area contributed by atoms with Crippen LogP contribution in [0.1, 0.15) is 11.1 Å². The molecule has 74 valence electrons. The Hall–Kier alpha value is -2.44. The van der Waals surface area contributed by atoms with Crippen molar-refractivity contribution in [2.45, 2.75) is 0 Å². The molecule has 0 radical (unpaired) electrons. The predicted octanol–water partition coefficient (Wildman–Crippen LogP) is 3.32. The third-order valence-corrected chi connectivity index (χ3v) is 2.44. The molecule has 0 heteroatoms. The summed E-state index contributed by atoms with van der Waals surface area (Å²) in [5, 5.41) is 0. The Morgan fingerprint density at radius 2 is 1.38 bits per heavy atom. The number of hydrogen-bond acceptors (Lipinski definition) is 0. The van der Waals surface area contributed by atoms with Gasteiger partial charge < -0.3 is 0 Å². The summed E-state index contributed by atoms with van der Waals surface area (Å²) in [6.07, 6.45) is 10.8. The van der Waals surface area contributed by atoms with E-state index in [0.717, 1.165) is 22.3 Å². The van der Waals surface area contributed by atoms with Gasteiger partial charge in [0.25, 0.3) is 0 Å². The van der Waals surface area contributed by atoms with E-state index in [1.54, 1.807) is 0 Å². The second kappa shape index (κ2) is 4.39. The Morgan fingerprint density at radius 3 is 2.00 bits per heavy atom. The highest BCUT2D eigenvalue weighted by Crippen LogP contribution is 2.21. The first kappa shape index (κ1) is 10.1. The van der Waals surface area contributed by atoms with Crippen molar-refractivity contribution >= 4 is 0 Å². The summed E-state index contributed by atoms with van der Waals surface area (Å²) in [5.41, 5.74) is 3.76. The van der Waals surface area contributed by atoms with Crippen molar-refractivity contribution in [3.05, 3.63) is 59.7 Å². The van der Waals surface area contributed by atoms with Gasteiger partial charge in [-0.3, -0.25) is 0 Å². The second-order valence-electron chi connectivity index (χ2n) is 3.42. The third-order valence-electron chi connectivity index (χ3n) is 2.44. The van der Waals surface area contributed by atoms with Crippen LogP contribution in [0.3, 0.4) is 0 Å². The maximum Gasteiger partial charge on any atom is 0.0405 e. The Kier molecular flexibility index (Phi) is 2.77. The minimum absolute atomic E-state index is 0.766. The van der Waals surface area contributed by atoms with E-state index in [1.807, 2.05) is 48.5 Å². The standard InChI is InChI=1S/C16H10/c1-3-13-10-11-16(12-14(13)4-2)15-8-6-5-7-9-15/h1-2,5-12H. The molecule has 16 heavy (non-hydrogen) atoms. The molecule has 0 saturated carbocycles. The van der Waals surface area contributed by atoms with Crippen LogP contribution >= 0.6 is 0 Å². The maximum absolute atomic E-state index is 5.43. The lowest BCUT2D eigenvalue weighted by molar-refractivity contribution is 1.56. The Balaban J connectivity index is 2.55. The lowest BCUT2D eigenvalue weighted by Gasteiger charge is -2.03. The van der Waals surface area contributed by atoms with Gasteiger partial charge in [0, 0.05) is 11.1 Å². The first-order valence-electron chi connectivity index (χ1n) is 4.98. The molecule has 2 aromatic carbocycles. The molecule has 0 N–H and O–H groups in total. The van der Waals surface area contributed by atoms with E-state index in [0.29, 0.717) is 0 Å². The Bertz CT molecular complexity index is 578. The molecule has 0 saturated heterocycles. The molecule has 0 aliphatic carbocycles. The molecular formula is C16H10. The van der Waals surface area contributed by atoms with Gasteiger partial charge >= 0.3 is 0 Å². The molecule has 0 amide bonds. The molecule has 0 aromatic heterocycles. The van der Waals surface area contributed by atoms with Crippen LogP contribution in [-0.2, 0) is 0 Å². The zero-order chi connectivity index (χ0) is 11.4. The van der Waals surface area contributed by atoms with Crippen LogP contribution in [0.25, 0.3) is 11.1 Å². The SMILES string of the molecule is C#Cc1ccc(-c2ccccc2)cc1C#C. The third kappa shape index (κ3) is 1.83. The van der Waals surface area contributed by atoms with Gasteiger partial charge in [-0.05, 0) is 23.3 Å². The molecule has 0 bridgehead atoms. The van der Waals surface area contributed by atoms with Crippen molar-refractivity contribution in [1.82, 2.24) is 0 Å². The Morgan fingerprint density at radius 1 is 0.688 bits per heavy atom. The van der Waals surface area contributed by atoms with Gasteiger partial charge in [-0.25, -0.2) is 0 Å². The zero-order valence-electron chi connectivity index (χ0n) is 8.77. The average molecular weight is 202 g/mol. The maximum atomic E-state index is 5.43. The van der Waals surface area contributed by atoms with E-state index in [-0.39, 0.29) is 0 Å². The first-order valence-corrected chi connectivity index (χ1v) is 4.98. The van der Waals surface area contributed by atoms with Crippen LogP contribution in [0.4, 0.5) is 0 Å². The highest BCUT2D eigenvalue weighted by Gasteiger charge is 2.01. The molecule has 0 unspecified atom stereocenters. The van der Waals surface area contributed by atoms with Gasteiger partial charge in [0.2, 0.25) is 0 Å². The summed E-state index contributed by atoms with van der Waals surface area (Å²) in [5.74, 6) is 5.20. The first-order chi connectivity index (χ1) is 7.85. The molecule has 0 aliphatic heterocycles. The molecule has 0 spiro atoms. The normalized spacial score (nSPS) is 9.12. The van der Waals surface area contributed by atoms with Crippen molar-refractivity contribution in [3.63, 3.8) is 0 Å². The van der Waals surface area contributed by atoms with Gasteiger partial charge in [0.05, 0.1) is 0 Å². The number of terminal acetylenes is 2. The van der Waals surface area contributed by atoms with Crippen molar-refractivity contribution in [1.29, 1.82) is 0 Å². The minimum Gasteiger partial charge on any atom is -0.115 e. The zero-order valence-corrected chi connectivity index (χ0v) is 8.77. The van der Waals surface area contributed by atoms with Crippen LogP contribution in [0.15, 0.2) is 48.5 Å². The molecule has 2 rings (SSSR count). The minimum atomic E-state index is 0.766. The van der Waals surface area contributed by atoms with E-state index in [1.165, 1.54) is 0 Å². The van der Waals surface area contributed by atoms with Crippen molar-refractivity contribution in [2.24, 2.45) is 0 Å². The summed E-state index contributed by atoms with van der Waals surface area (Å²) < 4.78 is 0. The lowest BCUT2D eigenvalue weighted by Crippen LogP contribution is -1.85. The summed E-state index contributed by atoms with van der Waals surface area (Å²) in [6, 6.07) is 15.9. The fraction of sp³-hybridized carbons (Fsp3) is 0. The highest BCUT2D eigenvalue weighted by atomic mass is 14.0. The second-order valence-corrected chi connectivity index (χ2v) is 3.42. The molecule has 0 atom stereocenters. The lowest BCUT2D eigenvalue weighted by atomic mass is 10.00. The van der Waals surface area contributed by atoms with Gasteiger partial charge in [0.15, 0.2) is 0 Å². The summed E-state index contributed by atoms with van der Waals surface area (Å²) in [6.45, 7) is 0. The van der Waals surface area contributed by atoms with Crippen molar-refractivity contribution in [2.75, 3.05) is 0 Å². The summed E-state index contributed by atoms with van der Waals surface area (Å²) in [7, 11) is 0. The number of benzene rings is 2. The molecule has 0 heterocycles. The van der Waals surface area contributed by atoms with Gasteiger partial charge in [0.1, 0.15) is 0 Å². The van der Waals surface area contributed by atoms with E-state index in [4.69, 9.17) is 12.8 Å². The fourth-order valence-electron chi connectivity index (χ4n) is 1.60. The van der Waals surface area contributed by atoms with Crippen LogP contribution in [-0.4, -0.2) is 0 Å². The summed E-state index contributed by atoms with van der Waals surface area (Å²) in [4.78, 5) is 0. The quantitative estimate of drug-likeness (QED) is 0.622. The number of hydrogen-bond donors (Lipinski definition) is 0. The Labute approximate surface area is 95.9 Å². The predicted molar refractivity (Wildman–Crippen MR) is 67.7 cm³/mol. The average Bonchev–Trinajstić information content (AvgIpc) is 2.39. The van der Waals surface area contributed by atoms with Crippen LogP contribution in [0.5, 0.6) is 0 Å². The van der Waals surface area contributed by atoms with Crippen LogP contribution in [0.2, 0.25) is 0 Å². The van der Waals surface area contributed by atoms with E-state index < -0.39 is 0 Å². The largest absolute Gasteiger partial charge is 0.115 e.